The lowest BCUT2D eigenvalue weighted by atomic mass is 10.1. The fourth-order valence-corrected chi connectivity index (χ4v) is 4.04. The van der Waals surface area contributed by atoms with Gasteiger partial charge in [-0.05, 0) is 19.9 Å². The molecule has 0 saturated heterocycles. The third-order valence-corrected chi connectivity index (χ3v) is 5.70. The van der Waals surface area contributed by atoms with Gasteiger partial charge < -0.3 is 24.1 Å². The first kappa shape index (κ1) is 23.0. The normalized spacial score (nSPS) is 15.1. The fraction of sp³-hybridized carbons (Fsp3) is 0.591. The number of nitrogens with one attached hydrogen (secondary N) is 1. The Morgan fingerprint density at radius 2 is 1.97 bits per heavy atom. The molecule has 2 aromatic rings. The summed E-state index contributed by atoms with van der Waals surface area (Å²) in [5.74, 6) is 3.39. The van der Waals surface area contributed by atoms with Crippen molar-refractivity contribution in [2.24, 2.45) is 0 Å². The van der Waals surface area contributed by atoms with E-state index in [1.54, 1.807) is 21.3 Å². The number of aromatic nitrogens is 3. The third-order valence-electron chi connectivity index (χ3n) is 5.70. The van der Waals surface area contributed by atoms with Gasteiger partial charge in [0.15, 0.2) is 5.82 Å². The average molecular weight is 432 g/mol. The molecule has 0 spiro atoms. The van der Waals surface area contributed by atoms with Crippen molar-refractivity contribution in [3.63, 3.8) is 0 Å². The van der Waals surface area contributed by atoms with Gasteiger partial charge >= 0.3 is 0 Å². The van der Waals surface area contributed by atoms with Gasteiger partial charge in [0.05, 0.1) is 26.9 Å². The molecular weight excluding hydrogens is 398 g/mol. The Balaban J connectivity index is 1.67. The van der Waals surface area contributed by atoms with Gasteiger partial charge in [-0.2, -0.15) is 0 Å². The molecule has 2 heterocycles. The van der Waals surface area contributed by atoms with E-state index in [9.17, 15) is 4.79 Å². The second-order valence-electron chi connectivity index (χ2n) is 7.77. The molecule has 31 heavy (non-hydrogen) atoms. The molecule has 1 aliphatic heterocycles. The number of benzene rings is 1. The van der Waals surface area contributed by atoms with Gasteiger partial charge in [0.2, 0.25) is 5.91 Å². The van der Waals surface area contributed by atoms with Crippen LogP contribution in [0.2, 0.25) is 0 Å². The minimum Gasteiger partial charge on any atom is -0.496 e. The van der Waals surface area contributed by atoms with Crippen LogP contribution in [0.1, 0.15) is 42.2 Å². The highest BCUT2D eigenvalue weighted by Gasteiger charge is 2.23. The van der Waals surface area contributed by atoms with Crippen LogP contribution in [-0.4, -0.2) is 66.6 Å². The maximum absolute atomic E-state index is 12.1. The summed E-state index contributed by atoms with van der Waals surface area (Å²) in [6.45, 7) is 7.64. The zero-order chi connectivity index (χ0) is 22.4. The molecule has 3 rings (SSSR count). The topological polar surface area (TPSA) is 90.7 Å². The third kappa shape index (κ3) is 5.34. The van der Waals surface area contributed by atoms with Crippen LogP contribution >= 0.6 is 0 Å². The van der Waals surface area contributed by atoms with Crippen LogP contribution in [0, 0.1) is 6.92 Å². The van der Waals surface area contributed by atoms with Crippen molar-refractivity contribution < 1.29 is 19.0 Å². The van der Waals surface area contributed by atoms with Gasteiger partial charge in [0.1, 0.15) is 17.3 Å². The maximum Gasteiger partial charge on any atom is 0.222 e. The SMILES string of the molecule is COCCC(=O)N[C@H](C)c1nnc2n1CCN(Cc1ccc(OC)c(C)c1OC)CC2. The number of carbonyl (C=O) groups excluding carboxylic acids is 1. The van der Waals surface area contributed by atoms with Crippen LogP contribution < -0.4 is 14.8 Å². The standard InChI is InChI=1S/C22H33N5O4/c1-15-18(30-4)7-6-17(21(15)31-5)14-26-10-8-19-24-25-22(27(19)12-11-26)16(2)23-20(28)9-13-29-3/h6-7,16H,8-14H2,1-5H3,(H,23,28)/t16-/m1/s1. The van der Waals surface area contributed by atoms with Gasteiger partial charge in [-0.3, -0.25) is 9.69 Å². The Bertz CT molecular complexity index is 898. The van der Waals surface area contributed by atoms with Crippen LogP contribution in [-0.2, 0) is 29.0 Å². The predicted molar refractivity (Wildman–Crippen MR) is 116 cm³/mol. The summed E-state index contributed by atoms with van der Waals surface area (Å²) in [5.41, 5.74) is 2.15. The number of ether oxygens (including phenoxy) is 3. The number of rotatable bonds is 9. The molecule has 1 N–H and O–H groups in total. The molecule has 1 amide bonds. The minimum atomic E-state index is -0.207. The molecule has 9 nitrogen and oxygen atoms in total. The van der Waals surface area contributed by atoms with Crippen molar-refractivity contribution in [3.05, 3.63) is 34.9 Å². The number of hydrogen-bond acceptors (Lipinski definition) is 7. The first-order valence-electron chi connectivity index (χ1n) is 10.6. The molecule has 0 radical (unpaired) electrons. The van der Waals surface area contributed by atoms with Gasteiger partial charge in [-0.25, -0.2) is 0 Å². The Kier molecular flexibility index (Phi) is 7.86. The Hall–Kier alpha value is -2.65. The molecule has 1 aliphatic rings. The number of hydrogen-bond donors (Lipinski definition) is 1. The molecule has 1 aromatic heterocycles. The van der Waals surface area contributed by atoms with Crippen LogP contribution in [0.25, 0.3) is 0 Å². The smallest absolute Gasteiger partial charge is 0.222 e. The Morgan fingerprint density at radius 3 is 2.68 bits per heavy atom. The molecule has 0 bridgehead atoms. The van der Waals surface area contributed by atoms with E-state index in [1.807, 2.05) is 19.9 Å². The van der Waals surface area contributed by atoms with Crippen molar-refractivity contribution in [2.75, 3.05) is 41.0 Å². The van der Waals surface area contributed by atoms with Crippen LogP contribution in [0.4, 0.5) is 0 Å². The van der Waals surface area contributed by atoms with Crippen molar-refractivity contribution >= 4 is 5.91 Å². The summed E-state index contributed by atoms with van der Waals surface area (Å²) in [6, 6.07) is 3.85. The maximum atomic E-state index is 12.1. The van der Waals surface area contributed by atoms with E-state index in [0.717, 1.165) is 66.9 Å². The van der Waals surface area contributed by atoms with E-state index in [4.69, 9.17) is 14.2 Å². The van der Waals surface area contributed by atoms with Gasteiger partial charge in [0, 0.05) is 57.3 Å². The van der Waals surface area contributed by atoms with Crippen LogP contribution in [0.3, 0.4) is 0 Å². The number of nitrogens with zero attached hydrogens (tertiary/aromatic N) is 4. The number of amides is 1. The number of fused-ring (bicyclic) bond motifs is 1. The summed E-state index contributed by atoms with van der Waals surface area (Å²) in [6.07, 6.45) is 1.13. The lowest BCUT2D eigenvalue weighted by Crippen LogP contribution is -2.30. The Labute approximate surface area is 183 Å². The number of carbonyl (C=O) groups is 1. The monoisotopic (exact) mass is 431 g/mol. The van der Waals surface area contributed by atoms with E-state index >= 15 is 0 Å². The van der Waals surface area contributed by atoms with E-state index in [-0.39, 0.29) is 11.9 Å². The van der Waals surface area contributed by atoms with Gasteiger partial charge in [-0.15, -0.1) is 10.2 Å². The van der Waals surface area contributed by atoms with Gasteiger partial charge in [-0.1, -0.05) is 6.07 Å². The molecule has 0 fully saturated rings. The van der Waals surface area contributed by atoms with Crippen molar-refractivity contribution in [1.82, 2.24) is 25.0 Å². The van der Waals surface area contributed by atoms with Crippen molar-refractivity contribution in [1.29, 1.82) is 0 Å². The molecule has 1 aromatic carbocycles. The van der Waals surface area contributed by atoms with Crippen molar-refractivity contribution in [3.8, 4) is 11.5 Å². The lowest BCUT2D eigenvalue weighted by Gasteiger charge is -2.22. The zero-order valence-electron chi connectivity index (χ0n) is 19.1. The largest absolute Gasteiger partial charge is 0.496 e. The molecule has 9 heteroatoms. The highest BCUT2D eigenvalue weighted by atomic mass is 16.5. The Morgan fingerprint density at radius 1 is 1.16 bits per heavy atom. The van der Waals surface area contributed by atoms with E-state index < -0.39 is 0 Å². The van der Waals surface area contributed by atoms with Crippen LogP contribution in [0.5, 0.6) is 11.5 Å². The second kappa shape index (κ2) is 10.6. The first-order valence-corrected chi connectivity index (χ1v) is 10.6. The summed E-state index contributed by atoms with van der Waals surface area (Å²) in [7, 11) is 4.96. The second-order valence-corrected chi connectivity index (χ2v) is 7.77. The quantitative estimate of drug-likeness (QED) is 0.648. The summed E-state index contributed by atoms with van der Waals surface area (Å²) < 4.78 is 18.2. The van der Waals surface area contributed by atoms with E-state index in [1.165, 1.54) is 0 Å². The molecular formula is C22H33N5O4. The molecule has 1 atom stereocenters. The average Bonchev–Trinajstić information content (AvgIpc) is 3.07. The number of methoxy groups -OCH3 is 3. The lowest BCUT2D eigenvalue weighted by molar-refractivity contribution is -0.122. The molecule has 0 saturated carbocycles. The minimum absolute atomic E-state index is 0.0519. The highest BCUT2D eigenvalue weighted by Crippen LogP contribution is 2.32. The highest BCUT2D eigenvalue weighted by molar-refractivity contribution is 5.76. The zero-order valence-corrected chi connectivity index (χ0v) is 19.1. The molecule has 170 valence electrons. The molecule has 0 aliphatic carbocycles. The van der Waals surface area contributed by atoms with E-state index in [2.05, 4.69) is 31.0 Å². The van der Waals surface area contributed by atoms with Crippen LogP contribution in [0.15, 0.2) is 12.1 Å². The summed E-state index contributed by atoms with van der Waals surface area (Å²) in [4.78, 5) is 14.4. The van der Waals surface area contributed by atoms with E-state index in [0.29, 0.717) is 13.0 Å². The molecule has 0 unspecified atom stereocenters. The predicted octanol–water partition coefficient (Wildman–Crippen LogP) is 1.88. The van der Waals surface area contributed by atoms with Gasteiger partial charge in [0.25, 0.3) is 0 Å². The fourth-order valence-electron chi connectivity index (χ4n) is 4.04. The summed E-state index contributed by atoms with van der Waals surface area (Å²) in [5, 5.41) is 11.7. The van der Waals surface area contributed by atoms with Crippen molar-refractivity contribution in [2.45, 2.75) is 45.8 Å². The first-order chi connectivity index (χ1) is 15.0. The summed E-state index contributed by atoms with van der Waals surface area (Å²) >= 11 is 0.